The molecule has 0 radical (unpaired) electrons. The topological polar surface area (TPSA) is 107 Å². The minimum absolute atomic E-state index is 0.128. The van der Waals surface area contributed by atoms with Gasteiger partial charge in [0.15, 0.2) is 5.65 Å². The maximum atomic E-state index is 14.1. The Morgan fingerprint density at radius 3 is 2.68 bits per heavy atom. The average Bonchev–Trinajstić information content (AvgIpc) is 3.64. The lowest BCUT2D eigenvalue weighted by atomic mass is 9.97. The van der Waals surface area contributed by atoms with Crippen LogP contribution in [0.4, 0.5) is 11.5 Å². The monoisotopic (exact) mass is 568 g/mol. The molecule has 2 atom stereocenters. The Morgan fingerprint density at radius 1 is 1.07 bits per heavy atom. The van der Waals surface area contributed by atoms with Gasteiger partial charge in [0.05, 0.1) is 23.0 Å². The van der Waals surface area contributed by atoms with Gasteiger partial charge in [0.2, 0.25) is 0 Å². The third-order valence-corrected chi connectivity index (χ3v) is 8.15. The SMILES string of the molecule is Cc1cn2nc([C@@H]3CCCCN3C(=O)c3cc(Cl)ccc3NC(=O)c3ccccc3)cc2nc1N1CCC(C#[NH+])C1. The molecule has 41 heavy (non-hydrogen) atoms. The van der Waals surface area contributed by atoms with Gasteiger partial charge in [-0.3, -0.25) is 9.59 Å². The van der Waals surface area contributed by atoms with Gasteiger partial charge in [-0.15, -0.1) is 5.26 Å². The van der Waals surface area contributed by atoms with E-state index in [1.807, 2.05) is 30.2 Å². The van der Waals surface area contributed by atoms with Crippen molar-refractivity contribution in [2.75, 3.05) is 29.9 Å². The van der Waals surface area contributed by atoms with E-state index in [4.69, 9.17) is 26.9 Å². The highest BCUT2D eigenvalue weighted by atomic mass is 35.5. The van der Waals surface area contributed by atoms with Crippen molar-refractivity contribution in [2.24, 2.45) is 5.92 Å². The van der Waals surface area contributed by atoms with Gasteiger partial charge in [0.1, 0.15) is 11.7 Å². The second kappa shape index (κ2) is 11.2. The molecule has 4 heterocycles. The van der Waals surface area contributed by atoms with Crippen LogP contribution < -0.4 is 15.5 Å². The van der Waals surface area contributed by atoms with E-state index in [2.05, 4.69) is 16.3 Å². The molecule has 4 aromatic rings. The summed E-state index contributed by atoms with van der Waals surface area (Å²) in [4.78, 5) is 36.0. The molecule has 1 unspecified atom stereocenters. The molecule has 2 aliphatic rings. The Morgan fingerprint density at radius 2 is 1.90 bits per heavy atom. The number of fused-ring (bicyclic) bond motifs is 1. The molecule has 2 saturated heterocycles. The zero-order valence-corrected chi connectivity index (χ0v) is 23.6. The van der Waals surface area contributed by atoms with Gasteiger partial charge in [-0.2, -0.15) is 5.10 Å². The van der Waals surface area contributed by atoms with E-state index < -0.39 is 0 Å². The molecular weight excluding hydrogens is 538 g/mol. The number of amides is 2. The Labute approximate surface area is 243 Å². The number of benzene rings is 2. The smallest absolute Gasteiger partial charge is 0.275 e. The number of aryl methyl sites for hydroxylation is 1. The van der Waals surface area contributed by atoms with Crippen LogP contribution in [0.2, 0.25) is 5.02 Å². The Bertz CT molecular complexity index is 1660. The summed E-state index contributed by atoms with van der Waals surface area (Å²) in [5, 5.41) is 15.7. The van der Waals surface area contributed by atoms with Crippen molar-refractivity contribution in [3.63, 3.8) is 0 Å². The highest BCUT2D eigenvalue weighted by molar-refractivity contribution is 6.31. The molecule has 2 aromatic heterocycles. The van der Waals surface area contributed by atoms with Crippen LogP contribution in [-0.2, 0) is 0 Å². The number of aromatic nitrogens is 3. The normalized spacial score (nSPS) is 18.9. The molecular formula is C31H31ClN7O2+. The van der Waals surface area contributed by atoms with Crippen molar-refractivity contribution in [1.82, 2.24) is 19.5 Å². The second-order valence-corrected chi connectivity index (χ2v) is 11.2. The number of hydrogen-bond donors (Lipinski definition) is 2. The quantitative estimate of drug-likeness (QED) is 0.380. The maximum absolute atomic E-state index is 14.1. The number of piperidine rings is 1. The molecule has 6 rings (SSSR count). The highest BCUT2D eigenvalue weighted by Crippen LogP contribution is 2.34. The van der Waals surface area contributed by atoms with Crippen molar-refractivity contribution < 1.29 is 14.9 Å². The van der Waals surface area contributed by atoms with Crippen LogP contribution in [-0.4, -0.2) is 50.9 Å². The van der Waals surface area contributed by atoms with E-state index in [1.165, 1.54) is 0 Å². The first-order chi connectivity index (χ1) is 19.9. The largest absolute Gasteiger partial charge is 0.355 e. The van der Waals surface area contributed by atoms with Crippen LogP contribution >= 0.6 is 11.6 Å². The fourth-order valence-electron chi connectivity index (χ4n) is 5.80. The Hall–Kier alpha value is -4.42. The lowest BCUT2D eigenvalue weighted by molar-refractivity contribution is -0.0979. The summed E-state index contributed by atoms with van der Waals surface area (Å²) in [5.41, 5.74) is 3.78. The molecule has 0 bridgehead atoms. The van der Waals surface area contributed by atoms with Gasteiger partial charge >= 0.3 is 0 Å². The highest BCUT2D eigenvalue weighted by Gasteiger charge is 2.33. The Kier molecular flexibility index (Phi) is 7.33. The molecule has 9 nitrogen and oxygen atoms in total. The van der Waals surface area contributed by atoms with Gasteiger partial charge in [-0.1, -0.05) is 29.8 Å². The van der Waals surface area contributed by atoms with Crippen molar-refractivity contribution >= 4 is 40.6 Å². The van der Waals surface area contributed by atoms with Crippen LogP contribution in [0.5, 0.6) is 0 Å². The zero-order chi connectivity index (χ0) is 28.5. The molecule has 0 spiro atoms. The third-order valence-electron chi connectivity index (χ3n) is 7.92. The van der Waals surface area contributed by atoms with Gasteiger partial charge in [-0.05, 0) is 62.9 Å². The van der Waals surface area contributed by atoms with Crippen LogP contribution in [0.15, 0.2) is 60.8 Å². The van der Waals surface area contributed by atoms with E-state index in [0.29, 0.717) is 28.4 Å². The van der Waals surface area contributed by atoms with Gasteiger partial charge < -0.3 is 15.1 Å². The molecule has 0 saturated carbocycles. The fraction of sp³-hybridized carbons (Fsp3) is 0.323. The van der Waals surface area contributed by atoms with Crippen LogP contribution in [0.3, 0.4) is 0 Å². The Balaban J connectivity index is 1.30. The summed E-state index contributed by atoms with van der Waals surface area (Å²) in [6, 6.07) is 18.2. The lowest BCUT2D eigenvalue weighted by Gasteiger charge is -2.35. The molecule has 2 fully saturated rings. The second-order valence-electron chi connectivity index (χ2n) is 10.7. The van der Waals surface area contributed by atoms with Gasteiger partial charge in [0, 0.05) is 48.0 Å². The van der Waals surface area contributed by atoms with Crippen LogP contribution in [0.25, 0.3) is 5.65 Å². The fourth-order valence-corrected chi connectivity index (χ4v) is 5.97. The van der Waals surface area contributed by atoms with E-state index >= 15 is 0 Å². The number of carbonyl (C=O) groups excluding carboxylic acids is 2. The van der Waals surface area contributed by atoms with Crippen molar-refractivity contribution in [3.05, 3.63) is 88.2 Å². The van der Waals surface area contributed by atoms with Crippen molar-refractivity contribution in [2.45, 2.75) is 38.6 Å². The summed E-state index contributed by atoms with van der Waals surface area (Å²) < 4.78 is 1.78. The standard InChI is InChI=1S/C31H30ClN7O2/c1-20-18-39-28(35-29(20)37-14-12-21(17-33)19-37)16-26(36-39)27-9-5-6-13-38(27)31(41)24-15-23(32)10-11-25(24)34-30(40)22-7-3-2-4-8-22/h2-4,7-8,10-11,15-16,18,21,27H,5-6,9,12-14,19H2,1H3,(H,34,40)/p+1/t21?,27-/m0/s1. The summed E-state index contributed by atoms with van der Waals surface area (Å²) in [6.07, 6.45) is 5.51. The first-order valence-electron chi connectivity index (χ1n) is 13.9. The number of anilines is 2. The average molecular weight is 569 g/mol. The third kappa shape index (κ3) is 5.35. The number of likely N-dealkylation sites (tertiary alicyclic amines) is 1. The number of nitrogens with zero attached hydrogens (tertiary/aromatic N) is 5. The summed E-state index contributed by atoms with van der Waals surface area (Å²) in [5.74, 6) is 0.533. The molecule has 208 valence electrons. The molecule has 10 heteroatoms. The summed E-state index contributed by atoms with van der Waals surface area (Å²) >= 11 is 6.34. The van der Waals surface area contributed by atoms with Crippen LogP contribution in [0.1, 0.15) is 63.7 Å². The minimum atomic E-state index is -0.294. The zero-order valence-electron chi connectivity index (χ0n) is 22.8. The van der Waals surface area contributed by atoms with Gasteiger partial charge in [-0.25, -0.2) is 9.50 Å². The number of carbonyl (C=O) groups is 2. The summed E-state index contributed by atoms with van der Waals surface area (Å²) in [7, 11) is 0. The molecule has 2 aliphatic heterocycles. The number of rotatable bonds is 5. The number of halogens is 1. The number of hydrogen-bond acceptors (Lipinski definition) is 5. The van der Waals surface area contributed by atoms with E-state index in [-0.39, 0.29) is 23.8 Å². The molecule has 2 N–H and O–H groups in total. The predicted octanol–water partition coefficient (Wildman–Crippen LogP) is 3.91. The van der Waals surface area contributed by atoms with Crippen LogP contribution in [0, 0.1) is 18.9 Å². The minimum Gasteiger partial charge on any atom is -0.355 e. The molecule has 2 amide bonds. The molecule has 0 aliphatic carbocycles. The van der Waals surface area contributed by atoms with Crippen molar-refractivity contribution in [1.29, 1.82) is 0 Å². The predicted molar refractivity (Wildman–Crippen MR) is 156 cm³/mol. The lowest BCUT2D eigenvalue weighted by Crippen LogP contribution is -2.39. The molecule has 2 aromatic carbocycles. The van der Waals surface area contributed by atoms with E-state index in [1.54, 1.807) is 47.0 Å². The van der Waals surface area contributed by atoms with Gasteiger partial charge in [0.25, 0.3) is 17.9 Å². The number of nitrogens with one attached hydrogen (secondary N) is 2. The van der Waals surface area contributed by atoms with E-state index in [0.717, 1.165) is 61.5 Å². The maximum Gasteiger partial charge on any atom is 0.275 e. The summed E-state index contributed by atoms with van der Waals surface area (Å²) in [6.45, 7) is 4.17. The van der Waals surface area contributed by atoms with E-state index in [9.17, 15) is 9.59 Å². The first kappa shape index (κ1) is 26.8. The van der Waals surface area contributed by atoms with Crippen molar-refractivity contribution in [3.8, 4) is 6.07 Å². The first-order valence-corrected chi connectivity index (χ1v) is 14.3.